The Morgan fingerprint density at radius 2 is 2.26 bits per heavy atom. The maximum Gasteiger partial charge on any atom is 0.407 e. The quantitative estimate of drug-likeness (QED) is 0.743. The Morgan fingerprint density at radius 1 is 1.48 bits per heavy atom. The standard InChI is InChI=1S/C17H21FN2O3/c1-3-4-7-22-17(21)20-11-14(9-18)12-23-16-6-5-15(10-19)13(2)8-16/h5-6,8-9H,3-4,7,11-12H2,1-2H3,(H,20,21)/b14-9+. The summed E-state index contributed by atoms with van der Waals surface area (Å²) in [7, 11) is 0. The molecule has 0 aliphatic rings. The fourth-order valence-electron chi connectivity index (χ4n) is 1.69. The third kappa shape index (κ3) is 6.83. The van der Waals surface area contributed by atoms with Crippen molar-refractivity contribution >= 4 is 6.09 Å². The molecule has 0 heterocycles. The number of alkyl carbamates (subject to hydrolysis) is 1. The Labute approximate surface area is 135 Å². The van der Waals surface area contributed by atoms with Crippen LogP contribution in [0.4, 0.5) is 9.18 Å². The Bertz CT molecular complexity index is 594. The van der Waals surface area contributed by atoms with Crippen molar-refractivity contribution in [2.75, 3.05) is 19.8 Å². The molecule has 1 amide bonds. The molecular weight excluding hydrogens is 299 g/mol. The molecule has 0 bridgehead atoms. The predicted molar refractivity (Wildman–Crippen MR) is 84.8 cm³/mol. The molecule has 1 N–H and O–H groups in total. The van der Waals surface area contributed by atoms with E-state index in [1.165, 1.54) is 0 Å². The van der Waals surface area contributed by atoms with Gasteiger partial charge in [0.25, 0.3) is 0 Å². The summed E-state index contributed by atoms with van der Waals surface area (Å²) in [6.45, 7) is 4.14. The van der Waals surface area contributed by atoms with Crippen LogP contribution in [0.3, 0.4) is 0 Å². The summed E-state index contributed by atoms with van der Waals surface area (Å²) in [5, 5.41) is 11.3. The Kier molecular flexibility index (Phi) is 8.22. The highest BCUT2D eigenvalue weighted by atomic mass is 19.1. The lowest BCUT2D eigenvalue weighted by Gasteiger charge is -2.11. The summed E-state index contributed by atoms with van der Waals surface area (Å²) in [4.78, 5) is 11.4. The Hall–Kier alpha value is -2.55. The molecule has 0 aliphatic carbocycles. The molecule has 0 radical (unpaired) electrons. The molecule has 1 aromatic carbocycles. The summed E-state index contributed by atoms with van der Waals surface area (Å²) >= 11 is 0. The summed E-state index contributed by atoms with van der Waals surface area (Å²) < 4.78 is 23.2. The number of hydrogen-bond donors (Lipinski definition) is 1. The molecule has 0 fully saturated rings. The lowest BCUT2D eigenvalue weighted by atomic mass is 10.1. The van der Waals surface area contributed by atoms with Gasteiger partial charge in [-0.1, -0.05) is 13.3 Å². The third-order valence-corrected chi connectivity index (χ3v) is 3.09. The molecule has 0 aromatic heterocycles. The van der Waals surface area contributed by atoms with Crippen LogP contribution in [0.15, 0.2) is 30.1 Å². The molecular formula is C17H21FN2O3. The van der Waals surface area contributed by atoms with E-state index in [0.29, 0.717) is 24.2 Å². The number of hydrogen-bond acceptors (Lipinski definition) is 4. The van der Waals surface area contributed by atoms with Crippen LogP contribution in [0.5, 0.6) is 5.75 Å². The summed E-state index contributed by atoms with van der Waals surface area (Å²) in [6, 6.07) is 7.07. The zero-order valence-corrected chi connectivity index (χ0v) is 13.4. The summed E-state index contributed by atoms with van der Waals surface area (Å²) in [6.07, 6.45) is 1.55. The van der Waals surface area contributed by atoms with E-state index in [0.717, 1.165) is 18.4 Å². The van der Waals surface area contributed by atoms with Gasteiger partial charge >= 0.3 is 6.09 Å². The molecule has 0 saturated heterocycles. The van der Waals surface area contributed by atoms with Crippen molar-refractivity contribution < 1.29 is 18.7 Å². The first-order valence-electron chi connectivity index (χ1n) is 7.43. The zero-order chi connectivity index (χ0) is 17.1. The molecule has 1 rings (SSSR count). The van der Waals surface area contributed by atoms with Crippen LogP contribution in [-0.4, -0.2) is 25.9 Å². The van der Waals surface area contributed by atoms with Crippen LogP contribution in [0, 0.1) is 18.3 Å². The number of carbonyl (C=O) groups is 1. The molecule has 23 heavy (non-hydrogen) atoms. The third-order valence-electron chi connectivity index (χ3n) is 3.09. The molecule has 124 valence electrons. The molecule has 0 spiro atoms. The van der Waals surface area contributed by atoms with Gasteiger partial charge in [-0.2, -0.15) is 5.26 Å². The van der Waals surface area contributed by atoms with Gasteiger partial charge in [0.2, 0.25) is 0 Å². The van der Waals surface area contributed by atoms with E-state index in [1.807, 2.05) is 6.92 Å². The summed E-state index contributed by atoms with van der Waals surface area (Å²) in [5.74, 6) is 0.534. The minimum absolute atomic E-state index is 0.00290. The molecule has 5 nitrogen and oxygen atoms in total. The molecule has 0 atom stereocenters. The Morgan fingerprint density at radius 3 is 2.87 bits per heavy atom. The predicted octanol–water partition coefficient (Wildman–Crippen LogP) is 3.63. The lowest BCUT2D eigenvalue weighted by molar-refractivity contribution is 0.145. The number of aryl methyl sites for hydroxylation is 1. The fourth-order valence-corrected chi connectivity index (χ4v) is 1.69. The first-order chi connectivity index (χ1) is 11.1. The number of rotatable bonds is 8. The van der Waals surface area contributed by atoms with Crippen LogP contribution in [0.25, 0.3) is 0 Å². The monoisotopic (exact) mass is 320 g/mol. The van der Waals surface area contributed by atoms with Crippen molar-refractivity contribution in [3.63, 3.8) is 0 Å². The number of amides is 1. The first kappa shape index (κ1) is 18.5. The molecule has 0 unspecified atom stereocenters. The first-order valence-corrected chi connectivity index (χ1v) is 7.43. The average Bonchev–Trinajstić information content (AvgIpc) is 2.55. The van der Waals surface area contributed by atoms with Gasteiger partial charge in [-0.25, -0.2) is 9.18 Å². The largest absolute Gasteiger partial charge is 0.489 e. The van der Waals surface area contributed by atoms with Gasteiger partial charge < -0.3 is 14.8 Å². The number of nitrogens with zero attached hydrogens (tertiary/aromatic N) is 1. The van der Waals surface area contributed by atoms with E-state index in [2.05, 4.69) is 11.4 Å². The number of benzene rings is 1. The Balaban J connectivity index is 2.41. The van der Waals surface area contributed by atoms with Crippen molar-refractivity contribution in [2.24, 2.45) is 0 Å². The SMILES string of the molecule is CCCCOC(=O)NC/C(=C\F)COc1ccc(C#N)c(C)c1. The second-order valence-electron chi connectivity index (χ2n) is 4.99. The normalized spacial score (nSPS) is 10.8. The molecule has 0 saturated carbocycles. The van der Waals surface area contributed by atoms with Crippen LogP contribution in [0.1, 0.15) is 30.9 Å². The van der Waals surface area contributed by atoms with Crippen molar-refractivity contribution in [1.82, 2.24) is 5.32 Å². The van der Waals surface area contributed by atoms with E-state index < -0.39 is 6.09 Å². The maximum atomic E-state index is 12.8. The van der Waals surface area contributed by atoms with Crippen LogP contribution < -0.4 is 10.1 Å². The van der Waals surface area contributed by atoms with E-state index in [9.17, 15) is 9.18 Å². The fraction of sp³-hybridized carbons (Fsp3) is 0.412. The van der Waals surface area contributed by atoms with Gasteiger partial charge in [-0.3, -0.25) is 0 Å². The van der Waals surface area contributed by atoms with E-state index in [-0.39, 0.29) is 18.7 Å². The topological polar surface area (TPSA) is 71.3 Å². The smallest absolute Gasteiger partial charge is 0.407 e. The van der Waals surface area contributed by atoms with Crippen LogP contribution in [-0.2, 0) is 4.74 Å². The summed E-state index contributed by atoms with van der Waals surface area (Å²) in [5.41, 5.74) is 1.63. The average molecular weight is 320 g/mol. The van der Waals surface area contributed by atoms with Gasteiger partial charge in [0.1, 0.15) is 12.4 Å². The van der Waals surface area contributed by atoms with Gasteiger partial charge in [0.15, 0.2) is 0 Å². The van der Waals surface area contributed by atoms with Gasteiger partial charge in [-0.15, -0.1) is 0 Å². The van der Waals surface area contributed by atoms with Crippen molar-refractivity contribution in [3.8, 4) is 11.8 Å². The lowest BCUT2D eigenvalue weighted by Crippen LogP contribution is -2.28. The van der Waals surface area contributed by atoms with E-state index in [1.54, 1.807) is 25.1 Å². The van der Waals surface area contributed by atoms with Crippen molar-refractivity contribution in [2.45, 2.75) is 26.7 Å². The number of unbranched alkanes of at least 4 members (excludes halogenated alkanes) is 1. The highest BCUT2D eigenvalue weighted by Crippen LogP contribution is 2.17. The van der Waals surface area contributed by atoms with Crippen LogP contribution >= 0.6 is 0 Å². The van der Waals surface area contributed by atoms with Gasteiger partial charge in [0, 0.05) is 12.1 Å². The maximum absolute atomic E-state index is 12.8. The molecule has 6 heteroatoms. The second kappa shape index (κ2) is 10.2. The van der Waals surface area contributed by atoms with Gasteiger partial charge in [0.05, 0.1) is 24.6 Å². The van der Waals surface area contributed by atoms with Crippen LogP contribution in [0.2, 0.25) is 0 Å². The second-order valence-corrected chi connectivity index (χ2v) is 4.99. The zero-order valence-electron chi connectivity index (χ0n) is 13.4. The number of halogens is 1. The number of carbonyl (C=O) groups excluding carboxylic acids is 1. The van der Waals surface area contributed by atoms with Crippen molar-refractivity contribution in [1.29, 1.82) is 5.26 Å². The van der Waals surface area contributed by atoms with E-state index >= 15 is 0 Å². The minimum Gasteiger partial charge on any atom is -0.489 e. The number of nitrogens with one attached hydrogen (secondary N) is 1. The van der Waals surface area contributed by atoms with Gasteiger partial charge in [-0.05, 0) is 37.1 Å². The number of ether oxygens (including phenoxy) is 2. The van der Waals surface area contributed by atoms with Crippen molar-refractivity contribution in [3.05, 3.63) is 41.2 Å². The highest BCUT2D eigenvalue weighted by Gasteiger charge is 2.06. The van der Waals surface area contributed by atoms with E-state index in [4.69, 9.17) is 14.7 Å². The minimum atomic E-state index is -0.577. The molecule has 1 aromatic rings. The number of nitriles is 1. The highest BCUT2D eigenvalue weighted by molar-refractivity contribution is 5.67. The molecule has 0 aliphatic heterocycles.